The van der Waals surface area contributed by atoms with E-state index in [1.54, 1.807) is 6.20 Å². The van der Waals surface area contributed by atoms with Gasteiger partial charge in [-0.2, -0.15) is 4.98 Å². The largest absolute Gasteiger partial charge is 0.371 e. The molecule has 0 amide bonds. The third kappa shape index (κ3) is 2.75. The van der Waals surface area contributed by atoms with Crippen molar-refractivity contribution in [3.05, 3.63) is 48.0 Å². The first-order valence-corrected chi connectivity index (χ1v) is 8.90. The van der Waals surface area contributed by atoms with Crippen molar-refractivity contribution in [1.82, 2.24) is 15.1 Å². The molecule has 1 aliphatic carbocycles. The second-order valence-electron chi connectivity index (χ2n) is 7.02. The number of fused-ring (bicyclic) bond motifs is 1. The number of anilines is 1. The summed E-state index contributed by atoms with van der Waals surface area (Å²) in [5, 5.41) is 5.20. The maximum Gasteiger partial charge on any atom is 0.229 e. The summed E-state index contributed by atoms with van der Waals surface area (Å²) in [5.41, 5.74) is 1.82. The van der Waals surface area contributed by atoms with E-state index < -0.39 is 0 Å². The van der Waals surface area contributed by atoms with Gasteiger partial charge >= 0.3 is 0 Å². The van der Waals surface area contributed by atoms with Crippen molar-refractivity contribution in [2.75, 3.05) is 18.0 Å². The summed E-state index contributed by atoms with van der Waals surface area (Å²) in [6.07, 6.45) is 6.10. The minimum absolute atomic E-state index is 0.251. The van der Waals surface area contributed by atoms with E-state index in [4.69, 9.17) is 4.52 Å². The average molecular weight is 338 g/mol. The summed E-state index contributed by atoms with van der Waals surface area (Å²) < 4.78 is 18.8. The predicted molar refractivity (Wildman–Crippen MR) is 92.2 cm³/mol. The fraction of sp³-hybridized carbons (Fsp3) is 0.421. The van der Waals surface area contributed by atoms with Gasteiger partial charge in [-0.3, -0.25) is 4.98 Å². The zero-order chi connectivity index (χ0) is 16.8. The second kappa shape index (κ2) is 5.79. The van der Waals surface area contributed by atoms with Crippen LogP contribution < -0.4 is 4.90 Å². The number of halogens is 1. The Balaban J connectivity index is 1.34. The van der Waals surface area contributed by atoms with E-state index in [1.165, 1.54) is 25.0 Å². The van der Waals surface area contributed by atoms with Crippen LogP contribution in [0.3, 0.4) is 0 Å². The lowest BCUT2D eigenvalue weighted by Crippen LogP contribution is -2.33. The van der Waals surface area contributed by atoms with Gasteiger partial charge in [0, 0.05) is 48.3 Å². The molecule has 3 heterocycles. The van der Waals surface area contributed by atoms with Crippen LogP contribution in [0.1, 0.15) is 49.2 Å². The average Bonchev–Trinajstić information content (AvgIpc) is 3.38. The monoisotopic (exact) mass is 338 g/mol. The van der Waals surface area contributed by atoms with Crippen molar-refractivity contribution in [3.63, 3.8) is 0 Å². The predicted octanol–water partition coefficient (Wildman–Crippen LogP) is 4.02. The maximum absolute atomic E-state index is 13.4. The Hall–Kier alpha value is -2.50. The number of aromatic nitrogens is 3. The molecule has 2 aliphatic rings. The van der Waals surface area contributed by atoms with Crippen molar-refractivity contribution >= 4 is 16.6 Å². The van der Waals surface area contributed by atoms with Gasteiger partial charge in [-0.05, 0) is 43.9 Å². The first kappa shape index (κ1) is 14.8. The molecule has 2 aromatic heterocycles. The van der Waals surface area contributed by atoms with Gasteiger partial charge in [-0.1, -0.05) is 5.16 Å². The van der Waals surface area contributed by atoms with Gasteiger partial charge in [0.2, 0.25) is 5.89 Å². The van der Waals surface area contributed by atoms with Crippen LogP contribution in [0.15, 0.2) is 35.0 Å². The van der Waals surface area contributed by atoms with E-state index in [0.29, 0.717) is 17.4 Å². The van der Waals surface area contributed by atoms with Crippen LogP contribution in [0.5, 0.6) is 0 Å². The van der Waals surface area contributed by atoms with E-state index in [9.17, 15) is 4.39 Å². The van der Waals surface area contributed by atoms with E-state index in [1.807, 2.05) is 12.1 Å². The van der Waals surface area contributed by atoms with Crippen LogP contribution in [0.4, 0.5) is 10.1 Å². The van der Waals surface area contributed by atoms with Crippen LogP contribution in [0.25, 0.3) is 10.9 Å². The Labute approximate surface area is 144 Å². The molecule has 25 heavy (non-hydrogen) atoms. The Kier molecular flexibility index (Phi) is 3.43. The number of piperidine rings is 1. The van der Waals surface area contributed by atoms with Crippen molar-refractivity contribution in [3.8, 4) is 0 Å². The SMILES string of the molecule is Fc1ccc2c(N3CCC(c4noc(C5CC5)n4)CC3)ccnc2c1. The van der Waals surface area contributed by atoms with Gasteiger partial charge in [-0.25, -0.2) is 4.39 Å². The van der Waals surface area contributed by atoms with Crippen LogP contribution in [0, 0.1) is 5.82 Å². The number of hydrogen-bond donors (Lipinski definition) is 0. The fourth-order valence-corrected chi connectivity index (χ4v) is 3.67. The van der Waals surface area contributed by atoms with Crippen molar-refractivity contribution in [1.29, 1.82) is 0 Å². The molecule has 128 valence electrons. The molecule has 3 aromatic rings. The first-order valence-electron chi connectivity index (χ1n) is 8.90. The molecule has 1 aromatic carbocycles. The first-order chi connectivity index (χ1) is 12.3. The van der Waals surface area contributed by atoms with E-state index >= 15 is 0 Å². The summed E-state index contributed by atoms with van der Waals surface area (Å²) >= 11 is 0. The molecule has 5 nitrogen and oxygen atoms in total. The van der Waals surface area contributed by atoms with Crippen molar-refractivity contribution in [2.24, 2.45) is 0 Å². The lowest BCUT2D eigenvalue weighted by Gasteiger charge is -2.33. The highest BCUT2D eigenvalue weighted by molar-refractivity contribution is 5.91. The number of nitrogens with zero attached hydrogens (tertiary/aromatic N) is 4. The van der Waals surface area contributed by atoms with Gasteiger partial charge in [-0.15, -0.1) is 0 Å². The molecule has 0 N–H and O–H groups in total. The number of benzene rings is 1. The molecule has 2 fully saturated rings. The summed E-state index contributed by atoms with van der Waals surface area (Å²) in [6, 6.07) is 6.82. The molecule has 0 radical (unpaired) electrons. The molecular weight excluding hydrogens is 319 g/mol. The van der Waals surface area contributed by atoms with Crippen LogP contribution in [-0.4, -0.2) is 28.2 Å². The second-order valence-corrected chi connectivity index (χ2v) is 7.02. The summed E-state index contributed by atoms with van der Waals surface area (Å²) in [6.45, 7) is 1.85. The highest BCUT2D eigenvalue weighted by Crippen LogP contribution is 2.40. The molecule has 6 heteroatoms. The molecule has 0 spiro atoms. The van der Waals surface area contributed by atoms with Gasteiger partial charge in [0.25, 0.3) is 0 Å². The standard InChI is InChI=1S/C19H19FN4O/c20-14-3-4-15-16(11-14)21-8-5-17(15)24-9-6-12(7-10-24)18-22-19(25-23-18)13-1-2-13/h3-5,8,11-13H,1-2,6-7,9-10H2. The lowest BCUT2D eigenvalue weighted by atomic mass is 9.95. The molecule has 1 aliphatic heterocycles. The fourth-order valence-electron chi connectivity index (χ4n) is 3.67. The van der Waals surface area contributed by atoms with Crippen LogP contribution >= 0.6 is 0 Å². The number of hydrogen-bond acceptors (Lipinski definition) is 5. The Bertz CT molecular complexity index is 913. The summed E-state index contributed by atoms with van der Waals surface area (Å²) in [7, 11) is 0. The van der Waals surface area contributed by atoms with Crippen LogP contribution in [-0.2, 0) is 0 Å². The smallest absolute Gasteiger partial charge is 0.229 e. The molecular formula is C19H19FN4O. The minimum atomic E-state index is -0.251. The molecule has 1 saturated heterocycles. The van der Waals surface area contributed by atoms with E-state index in [2.05, 4.69) is 20.0 Å². The lowest BCUT2D eigenvalue weighted by molar-refractivity contribution is 0.365. The summed E-state index contributed by atoms with van der Waals surface area (Å²) in [4.78, 5) is 11.2. The quantitative estimate of drug-likeness (QED) is 0.722. The third-order valence-electron chi connectivity index (χ3n) is 5.27. The Morgan fingerprint density at radius 2 is 1.88 bits per heavy atom. The van der Waals surface area contributed by atoms with Crippen molar-refractivity contribution < 1.29 is 8.91 Å². The number of pyridine rings is 1. The Morgan fingerprint density at radius 3 is 2.68 bits per heavy atom. The van der Waals surface area contributed by atoms with Gasteiger partial charge in [0.15, 0.2) is 5.82 Å². The molecule has 1 saturated carbocycles. The zero-order valence-corrected chi connectivity index (χ0v) is 13.9. The highest BCUT2D eigenvalue weighted by atomic mass is 19.1. The van der Waals surface area contributed by atoms with Gasteiger partial charge in [0.1, 0.15) is 5.82 Å². The number of rotatable bonds is 3. The topological polar surface area (TPSA) is 55.1 Å². The molecule has 5 rings (SSSR count). The van der Waals surface area contributed by atoms with Gasteiger partial charge < -0.3 is 9.42 Å². The van der Waals surface area contributed by atoms with E-state index in [0.717, 1.165) is 48.7 Å². The highest BCUT2D eigenvalue weighted by Gasteiger charge is 2.32. The van der Waals surface area contributed by atoms with Crippen LogP contribution in [0.2, 0.25) is 0 Å². The maximum atomic E-state index is 13.4. The van der Waals surface area contributed by atoms with Crippen molar-refractivity contribution in [2.45, 2.75) is 37.5 Å². The summed E-state index contributed by atoms with van der Waals surface area (Å²) in [5.74, 6) is 2.30. The van der Waals surface area contributed by atoms with Gasteiger partial charge in [0.05, 0.1) is 5.52 Å². The Morgan fingerprint density at radius 1 is 1.04 bits per heavy atom. The zero-order valence-electron chi connectivity index (χ0n) is 13.9. The van der Waals surface area contributed by atoms with E-state index in [-0.39, 0.29) is 5.82 Å². The minimum Gasteiger partial charge on any atom is -0.371 e. The molecule has 0 unspecified atom stereocenters. The normalized spacial score (nSPS) is 18.8. The molecule has 0 bridgehead atoms. The molecule has 0 atom stereocenters. The third-order valence-corrected chi connectivity index (χ3v) is 5.27.